The minimum atomic E-state index is -0.373. The zero-order valence-corrected chi connectivity index (χ0v) is 12.5. The number of hydrogen-bond donors (Lipinski definition) is 4. The van der Waals surface area contributed by atoms with E-state index in [0.29, 0.717) is 17.4 Å². The summed E-state index contributed by atoms with van der Waals surface area (Å²) in [6, 6.07) is 7.26. The maximum atomic E-state index is 11.8. The Labute approximate surface area is 132 Å². The molecule has 2 aromatic rings. The highest BCUT2D eigenvalue weighted by atomic mass is 16.2. The van der Waals surface area contributed by atoms with Gasteiger partial charge in [-0.15, -0.1) is 0 Å². The third-order valence-electron chi connectivity index (χ3n) is 3.50. The maximum Gasteiger partial charge on any atom is 0.243 e. The lowest BCUT2D eigenvalue weighted by Gasteiger charge is -2.07. The van der Waals surface area contributed by atoms with Gasteiger partial charge in [0, 0.05) is 17.2 Å². The lowest BCUT2D eigenvalue weighted by Crippen LogP contribution is -2.36. The number of anilines is 1. The summed E-state index contributed by atoms with van der Waals surface area (Å²) in [4.78, 5) is 27.3. The van der Waals surface area contributed by atoms with Crippen LogP contribution in [0.1, 0.15) is 24.6 Å². The number of rotatable bonds is 6. The Balaban J connectivity index is 1.64. The molecule has 0 radical (unpaired) electrons. The van der Waals surface area contributed by atoms with Crippen LogP contribution in [0.25, 0.3) is 11.4 Å². The summed E-state index contributed by atoms with van der Waals surface area (Å²) in [5, 5.41) is 12.3. The first kappa shape index (κ1) is 15.2. The Morgan fingerprint density at radius 1 is 1.30 bits per heavy atom. The Hall–Kier alpha value is -2.74. The molecule has 120 valence electrons. The van der Waals surface area contributed by atoms with Crippen LogP contribution in [0.2, 0.25) is 0 Å². The van der Waals surface area contributed by atoms with E-state index in [2.05, 4.69) is 25.8 Å². The van der Waals surface area contributed by atoms with Gasteiger partial charge in [-0.25, -0.2) is 4.98 Å². The van der Waals surface area contributed by atoms with Gasteiger partial charge in [-0.05, 0) is 25.0 Å². The molecule has 0 unspecified atom stereocenters. The van der Waals surface area contributed by atoms with E-state index in [1.54, 1.807) is 12.1 Å². The second-order valence-corrected chi connectivity index (χ2v) is 5.43. The third-order valence-corrected chi connectivity index (χ3v) is 3.50. The molecule has 1 aliphatic rings. The van der Waals surface area contributed by atoms with Crippen molar-refractivity contribution in [1.29, 1.82) is 0 Å². The average Bonchev–Trinajstić information content (AvgIpc) is 3.30. The molecule has 1 aliphatic carbocycles. The van der Waals surface area contributed by atoms with E-state index in [1.807, 2.05) is 12.1 Å². The van der Waals surface area contributed by atoms with Crippen LogP contribution in [-0.4, -0.2) is 40.1 Å². The third kappa shape index (κ3) is 3.92. The fourth-order valence-electron chi connectivity index (χ4n) is 2.14. The number of hydrogen-bond acceptors (Lipinski definition) is 5. The molecule has 8 nitrogen and oxygen atoms in total. The molecule has 0 spiro atoms. The van der Waals surface area contributed by atoms with Crippen LogP contribution in [-0.2, 0) is 9.59 Å². The predicted octanol–water partition coefficient (Wildman–Crippen LogP) is 0.362. The van der Waals surface area contributed by atoms with Crippen LogP contribution >= 0.6 is 0 Å². The summed E-state index contributed by atoms with van der Waals surface area (Å²) < 4.78 is 0. The van der Waals surface area contributed by atoms with E-state index in [9.17, 15) is 9.59 Å². The number of H-pyrrole nitrogens is 1. The van der Waals surface area contributed by atoms with Gasteiger partial charge in [0.15, 0.2) is 5.82 Å². The normalized spacial score (nSPS) is 13.6. The van der Waals surface area contributed by atoms with Crippen LogP contribution in [0.5, 0.6) is 0 Å². The second kappa shape index (κ2) is 6.57. The van der Waals surface area contributed by atoms with Gasteiger partial charge in [0.2, 0.25) is 11.8 Å². The number of benzene rings is 1. The van der Waals surface area contributed by atoms with Crippen molar-refractivity contribution in [2.45, 2.75) is 18.8 Å². The highest BCUT2D eigenvalue weighted by Gasteiger charge is 2.27. The van der Waals surface area contributed by atoms with Crippen LogP contribution < -0.4 is 16.4 Å². The molecule has 0 aliphatic heterocycles. The minimum absolute atomic E-state index is 0.118. The smallest absolute Gasteiger partial charge is 0.243 e. The molecule has 1 aromatic heterocycles. The average molecular weight is 314 g/mol. The molecular weight excluding hydrogens is 296 g/mol. The first-order chi connectivity index (χ1) is 11.2. The molecule has 2 amide bonds. The number of nitrogens with two attached hydrogens (primary N) is 1. The van der Waals surface area contributed by atoms with Gasteiger partial charge in [-0.2, -0.15) is 5.10 Å². The number of aromatic nitrogens is 3. The van der Waals surface area contributed by atoms with Gasteiger partial charge in [0.05, 0.1) is 13.1 Å². The van der Waals surface area contributed by atoms with Crippen LogP contribution in [0.3, 0.4) is 0 Å². The van der Waals surface area contributed by atoms with E-state index < -0.39 is 0 Å². The lowest BCUT2D eigenvalue weighted by molar-refractivity contribution is -0.123. The first-order valence-electron chi connectivity index (χ1n) is 7.45. The van der Waals surface area contributed by atoms with Gasteiger partial charge < -0.3 is 16.4 Å². The van der Waals surface area contributed by atoms with E-state index in [1.165, 1.54) is 0 Å². The van der Waals surface area contributed by atoms with Crippen LogP contribution in [0, 0.1) is 0 Å². The molecule has 1 heterocycles. The molecule has 23 heavy (non-hydrogen) atoms. The molecular formula is C15H18N6O2. The van der Waals surface area contributed by atoms with Gasteiger partial charge in [0.1, 0.15) is 5.82 Å². The highest BCUT2D eigenvalue weighted by Crippen LogP contribution is 2.38. The van der Waals surface area contributed by atoms with E-state index in [4.69, 9.17) is 5.73 Å². The van der Waals surface area contributed by atoms with Gasteiger partial charge in [-0.3, -0.25) is 14.7 Å². The standard InChI is InChI=1S/C15H18N6O2/c16-7-12(22)17-8-13(23)18-11-3-1-2-10(6-11)15-19-14(20-21-15)9-4-5-9/h1-3,6,9H,4-5,7-8,16H2,(H,17,22)(H,18,23)(H,19,20,21). The molecule has 0 bridgehead atoms. The number of aromatic amines is 1. The quantitative estimate of drug-likeness (QED) is 0.612. The Kier molecular flexibility index (Phi) is 4.33. The lowest BCUT2D eigenvalue weighted by atomic mass is 10.2. The van der Waals surface area contributed by atoms with E-state index in [-0.39, 0.29) is 24.9 Å². The molecule has 0 atom stereocenters. The SMILES string of the molecule is NCC(=O)NCC(=O)Nc1cccc(-c2n[nH]c(C3CC3)n2)c1. The topological polar surface area (TPSA) is 126 Å². The van der Waals surface area contributed by atoms with Gasteiger partial charge in [-0.1, -0.05) is 12.1 Å². The molecule has 5 N–H and O–H groups in total. The zero-order chi connectivity index (χ0) is 16.2. The summed E-state index contributed by atoms with van der Waals surface area (Å²) in [5.74, 6) is 1.34. The fraction of sp³-hybridized carbons (Fsp3) is 0.333. The Bertz CT molecular complexity index is 722. The summed E-state index contributed by atoms with van der Waals surface area (Å²) in [7, 11) is 0. The van der Waals surface area contributed by atoms with Crippen molar-refractivity contribution < 1.29 is 9.59 Å². The molecule has 1 aromatic carbocycles. The first-order valence-corrected chi connectivity index (χ1v) is 7.45. The zero-order valence-electron chi connectivity index (χ0n) is 12.5. The number of amides is 2. The minimum Gasteiger partial charge on any atom is -0.346 e. The molecule has 1 saturated carbocycles. The maximum absolute atomic E-state index is 11.8. The van der Waals surface area contributed by atoms with Crippen LogP contribution in [0.4, 0.5) is 5.69 Å². The van der Waals surface area contributed by atoms with E-state index >= 15 is 0 Å². The Morgan fingerprint density at radius 2 is 2.13 bits per heavy atom. The molecule has 1 fully saturated rings. The van der Waals surface area contributed by atoms with Crippen molar-refractivity contribution in [3.05, 3.63) is 30.1 Å². The van der Waals surface area contributed by atoms with Gasteiger partial charge in [0.25, 0.3) is 0 Å². The molecule has 0 saturated heterocycles. The van der Waals surface area contributed by atoms with Crippen molar-refractivity contribution in [2.75, 3.05) is 18.4 Å². The van der Waals surface area contributed by atoms with Crippen molar-refractivity contribution in [3.63, 3.8) is 0 Å². The molecule has 8 heteroatoms. The second-order valence-electron chi connectivity index (χ2n) is 5.43. The van der Waals surface area contributed by atoms with Crippen molar-refractivity contribution >= 4 is 17.5 Å². The summed E-state index contributed by atoms with van der Waals surface area (Å²) >= 11 is 0. The summed E-state index contributed by atoms with van der Waals surface area (Å²) in [5.41, 5.74) is 6.60. The summed E-state index contributed by atoms with van der Waals surface area (Å²) in [6.45, 7) is -0.260. The number of nitrogens with one attached hydrogen (secondary N) is 3. The van der Waals surface area contributed by atoms with E-state index in [0.717, 1.165) is 24.2 Å². The largest absolute Gasteiger partial charge is 0.346 e. The van der Waals surface area contributed by atoms with Crippen molar-refractivity contribution in [3.8, 4) is 11.4 Å². The van der Waals surface area contributed by atoms with Crippen LogP contribution in [0.15, 0.2) is 24.3 Å². The molecule has 3 rings (SSSR count). The highest BCUT2D eigenvalue weighted by molar-refractivity contribution is 5.95. The number of carbonyl (C=O) groups is 2. The summed E-state index contributed by atoms with van der Waals surface area (Å²) in [6.07, 6.45) is 2.30. The monoisotopic (exact) mass is 314 g/mol. The van der Waals surface area contributed by atoms with Crippen molar-refractivity contribution in [2.24, 2.45) is 5.73 Å². The number of carbonyl (C=O) groups excluding carboxylic acids is 2. The predicted molar refractivity (Wildman–Crippen MR) is 84.5 cm³/mol. The fourth-order valence-corrected chi connectivity index (χ4v) is 2.14. The number of nitrogens with zero attached hydrogens (tertiary/aromatic N) is 2. The van der Waals surface area contributed by atoms with Crippen molar-refractivity contribution in [1.82, 2.24) is 20.5 Å². The Morgan fingerprint density at radius 3 is 2.87 bits per heavy atom. The van der Waals surface area contributed by atoms with Gasteiger partial charge >= 0.3 is 0 Å².